The van der Waals surface area contributed by atoms with Crippen molar-refractivity contribution in [1.29, 1.82) is 0 Å². The van der Waals surface area contributed by atoms with Crippen LogP contribution in [-0.2, 0) is 4.74 Å². The van der Waals surface area contributed by atoms with E-state index in [0.717, 1.165) is 0 Å². The van der Waals surface area contributed by atoms with Crippen LogP contribution < -0.4 is 0 Å². The molecule has 4 N–H and O–H groups in total. The molecule has 0 saturated carbocycles. The van der Waals surface area contributed by atoms with E-state index >= 15 is 0 Å². The van der Waals surface area contributed by atoms with Crippen LogP contribution in [-0.4, -0.2) is 61.6 Å². The molecule has 0 aliphatic carbocycles. The molecule has 0 unspecified atom stereocenters. The molecule has 0 aromatic carbocycles. The van der Waals surface area contributed by atoms with Gasteiger partial charge in [0.25, 0.3) is 0 Å². The highest BCUT2D eigenvalue weighted by molar-refractivity contribution is 4.99. The van der Waals surface area contributed by atoms with Gasteiger partial charge in [-0.25, -0.2) is 0 Å². The number of aliphatic hydroxyl groups excluding tert-OH is 4. The normalized spacial score (nSPS) is 38.3. The number of hydrogen-bond acceptors (Lipinski definition) is 8. The Balaban J connectivity index is 2.22. The summed E-state index contributed by atoms with van der Waals surface area (Å²) < 4.78 is 10.3. The summed E-state index contributed by atoms with van der Waals surface area (Å²) >= 11 is 0. The standard InChI is InChI=1S/C9H14N2O6/c1-3-10-11-9(16-3)8-7(15)6(14)5(13)4(2-12)17-8/h4-8,12-15H,2H2,1H3/t4-,5-,6+,7-,8-/m0/s1. The summed E-state index contributed by atoms with van der Waals surface area (Å²) in [5.74, 6) is 0.288. The minimum Gasteiger partial charge on any atom is -0.423 e. The summed E-state index contributed by atoms with van der Waals surface area (Å²) in [7, 11) is 0. The van der Waals surface area contributed by atoms with Crippen molar-refractivity contribution in [2.45, 2.75) is 37.4 Å². The summed E-state index contributed by atoms with van der Waals surface area (Å²) in [5, 5.41) is 45.1. The first-order chi connectivity index (χ1) is 8.04. The van der Waals surface area contributed by atoms with Gasteiger partial charge in [0.05, 0.1) is 6.61 Å². The highest BCUT2D eigenvalue weighted by Crippen LogP contribution is 2.31. The topological polar surface area (TPSA) is 129 Å². The molecule has 1 saturated heterocycles. The van der Waals surface area contributed by atoms with Crippen molar-refractivity contribution in [3.05, 3.63) is 11.8 Å². The van der Waals surface area contributed by atoms with Crippen molar-refractivity contribution >= 4 is 0 Å². The molecule has 8 nitrogen and oxygen atoms in total. The zero-order valence-corrected chi connectivity index (χ0v) is 9.09. The molecule has 2 heterocycles. The average molecular weight is 246 g/mol. The molecule has 0 amide bonds. The third-order valence-corrected chi connectivity index (χ3v) is 2.68. The third kappa shape index (κ3) is 2.17. The Morgan fingerprint density at radius 2 is 1.82 bits per heavy atom. The fourth-order valence-electron chi connectivity index (χ4n) is 1.73. The van der Waals surface area contributed by atoms with Crippen molar-refractivity contribution in [2.24, 2.45) is 0 Å². The summed E-state index contributed by atoms with van der Waals surface area (Å²) in [5.41, 5.74) is 0. The predicted molar refractivity (Wildman–Crippen MR) is 51.8 cm³/mol. The SMILES string of the molecule is Cc1nnc([C@H]2O[C@@H](CO)[C@H](O)[C@@H](O)[C@@H]2O)o1. The lowest BCUT2D eigenvalue weighted by molar-refractivity contribution is -0.236. The molecule has 1 fully saturated rings. The fourth-order valence-corrected chi connectivity index (χ4v) is 1.73. The molecule has 8 heteroatoms. The van der Waals surface area contributed by atoms with Crippen LogP contribution in [0.5, 0.6) is 0 Å². The largest absolute Gasteiger partial charge is 0.423 e. The van der Waals surface area contributed by atoms with Gasteiger partial charge in [-0.3, -0.25) is 0 Å². The molecular formula is C9H14N2O6. The van der Waals surface area contributed by atoms with Crippen molar-refractivity contribution in [1.82, 2.24) is 10.2 Å². The van der Waals surface area contributed by atoms with Gasteiger partial charge in [0.1, 0.15) is 24.4 Å². The summed E-state index contributed by atoms with van der Waals surface area (Å²) in [6, 6.07) is 0. The Morgan fingerprint density at radius 1 is 1.12 bits per heavy atom. The van der Waals surface area contributed by atoms with E-state index in [9.17, 15) is 15.3 Å². The molecule has 2 rings (SSSR count). The first-order valence-electron chi connectivity index (χ1n) is 5.15. The molecule has 96 valence electrons. The molecule has 0 spiro atoms. The van der Waals surface area contributed by atoms with Gasteiger partial charge in [0.15, 0.2) is 6.10 Å². The smallest absolute Gasteiger partial charge is 0.247 e. The van der Waals surface area contributed by atoms with Crippen molar-refractivity contribution in [2.75, 3.05) is 6.61 Å². The first kappa shape index (κ1) is 12.4. The van der Waals surface area contributed by atoms with Crippen LogP contribution in [0.1, 0.15) is 17.9 Å². The van der Waals surface area contributed by atoms with Crippen LogP contribution in [0.3, 0.4) is 0 Å². The highest BCUT2D eigenvalue weighted by atomic mass is 16.6. The van der Waals surface area contributed by atoms with Crippen molar-refractivity contribution in [3.63, 3.8) is 0 Å². The Labute approximate surface area is 96.5 Å². The lowest BCUT2D eigenvalue weighted by Gasteiger charge is -2.38. The number of hydrogen-bond donors (Lipinski definition) is 4. The average Bonchev–Trinajstić information content (AvgIpc) is 2.73. The number of nitrogens with zero attached hydrogens (tertiary/aromatic N) is 2. The van der Waals surface area contributed by atoms with Crippen LogP contribution in [0.15, 0.2) is 4.42 Å². The van der Waals surface area contributed by atoms with E-state index in [1.807, 2.05) is 0 Å². The van der Waals surface area contributed by atoms with Crippen molar-refractivity contribution in [3.8, 4) is 0 Å². The quantitative estimate of drug-likeness (QED) is 0.466. The van der Waals surface area contributed by atoms with Gasteiger partial charge in [-0.05, 0) is 0 Å². The molecule has 5 atom stereocenters. The lowest BCUT2D eigenvalue weighted by Crippen LogP contribution is -2.55. The van der Waals surface area contributed by atoms with Gasteiger partial charge in [0.2, 0.25) is 11.8 Å². The summed E-state index contributed by atoms with van der Waals surface area (Å²) in [6.07, 6.45) is -6.28. The minimum atomic E-state index is -1.45. The van der Waals surface area contributed by atoms with E-state index in [1.54, 1.807) is 6.92 Å². The Hall–Kier alpha value is -1.06. The third-order valence-electron chi connectivity index (χ3n) is 2.68. The van der Waals surface area contributed by atoms with E-state index in [0.29, 0.717) is 0 Å². The zero-order valence-electron chi connectivity index (χ0n) is 9.09. The van der Waals surface area contributed by atoms with Crippen LogP contribution in [0.25, 0.3) is 0 Å². The molecule has 1 aromatic rings. The monoisotopic (exact) mass is 246 g/mol. The van der Waals surface area contributed by atoms with Gasteiger partial charge >= 0.3 is 0 Å². The van der Waals surface area contributed by atoms with E-state index in [2.05, 4.69) is 10.2 Å². The molecule has 0 bridgehead atoms. The van der Waals surface area contributed by atoms with Crippen molar-refractivity contribution < 1.29 is 29.6 Å². The molecule has 0 radical (unpaired) electrons. The number of rotatable bonds is 2. The van der Waals surface area contributed by atoms with Crippen LogP contribution in [0.2, 0.25) is 0 Å². The predicted octanol–water partition coefficient (Wildman–Crippen LogP) is -2.11. The maximum Gasteiger partial charge on any atom is 0.247 e. The Kier molecular flexibility index (Phi) is 3.40. The number of aryl methyl sites for hydroxylation is 1. The second-order valence-electron chi connectivity index (χ2n) is 3.91. The molecule has 1 aromatic heterocycles. The highest BCUT2D eigenvalue weighted by Gasteiger charge is 2.46. The van der Waals surface area contributed by atoms with Gasteiger partial charge in [-0.15, -0.1) is 10.2 Å². The van der Waals surface area contributed by atoms with E-state index in [4.69, 9.17) is 14.3 Å². The maximum absolute atomic E-state index is 9.74. The van der Waals surface area contributed by atoms with E-state index < -0.39 is 37.1 Å². The second-order valence-corrected chi connectivity index (χ2v) is 3.91. The fraction of sp³-hybridized carbons (Fsp3) is 0.778. The second kappa shape index (κ2) is 4.67. The van der Waals surface area contributed by atoms with Crippen LogP contribution >= 0.6 is 0 Å². The summed E-state index contributed by atoms with van der Waals surface area (Å²) in [6.45, 7) is 1.08. The molecule has 1 aliphatic heterocycles. The van der Waals surface area contributed by atoms with Gasteiger partial charge in [-0.2, -0.15) is 0 Å². The molecule has 17 heavy (non-hydrogen) atoms. The molecular weight excluding hydrogens is 232 g/mol. The lowest BCUT2D eigenvalue weighted by atomic mass is 9.95. The van der Waals surface area contributed by atoms with Crippen LogP contribution in [0.4, 0.5) is 0 Å². The number of ether oxygens (including phenoxy) is 1. The number of aromatic nitrogens is 2. The van der Waals surface area contributed by atoms with E-state index in [-0.39, 0.29) is 11.8 Å². The Bertz CT molecular complexity index is 381. The van der Waals surface area contributed by atoms with Gasteiger partial charge in [0, 0.05) is 6.92 Å². The van der Waals surface area contributed by atoms with E-state index in [1.165, 1.54) is 0 Å². The van der Waals surface area contributed by atoms with Gasteiger partial charge < -0.3 is 29.6 Å². The zero-order chi connectivity index (χ0) is 12.6. The van der Waals surface area contributed by atoms with Crippen LogP contribution in [0, 0.1) is 6.92 Å². The Morgan fingerprint density at radius 3 is 2.35 bits per heavy atom. The minimum absolute atomic E-state index is 0.000556. The maximum atomic E-state index is 9.74. The summed E-state index contributed by atoms with van der Waals surface area (Å²) in [4.78, 5) is 0. The first-order valence-corrected chi connectivity index (χ1v) is 5.15. The van der Waals surface area contributed by atoms with Gasteiger partial charge in [-0.1, -0.05) is 0 Å². The molecule has 1 aliphatic rings. The number of aliphatic hydroxyl groups is 4.